The zero-order valence-electron chi connectivity index (χ0n) is 4.78. The summed E-state index contributed by atoms with van der Waals surface area (Å²) in [6.07, 6.45) is -1.26. The molecule has 0 saturated heterocycles. The minimum atomic E-state index is -1.09. The van der Waals surface area contributed by atoms with Crippen LogP contribution in [0.5, 0.6) is 0 Å². The molecular weight excluding hydrogens is 124 g/mol. The van der Waals surface area contributed by atoms with E-state index in [1.54, 1.807) is 0 Å². The van der Waals surface area contributed by atoms with Gasteiger partial charge in [0.1, 0.15) is 0 Å². The van der Waals surface area contributed by atoms with Gasteiger partial charge in [0.15, 0.2) is 12.1 Å². The molecule has 4 heteroatoms. The number of hydrogen-bond donors (Lipinski definition) is 2. The molecule has 0 aromatic carbocycles. The molecule has 0 unspecified atom stereocenters. The number of aliphatic hydroxyl groups is 2. The number of hydrogen-bond acceptors (Lipinski definition) is 4. The summed E-state index contributed by atoms with van der Waals surface area (Å²) in [5.74, 6) is -0.698. The second-order valence-corrected chi connectivity index (χ2v) is 1.62. The Balaban J connectivity index is 3.46. The first kappa shape index (κ1) is 8.26. The predicted octanol–water partition coefficient (Wildman–Crippen LogP) is -1.50. The third-order valence-corrected chi connectivity index (χ3v) is 0.779. The zero-order valence-corrected chi connectivity index (χ0v) is 4.78. The van der Waals surface area contributed by atoms with E-state index in [2.05, 4.69) is 0 Å². The van der Waals surface area contributed by atoms with Gasteiger partial charge < -0.3 is 10.2 Å². The lowest BCUT2D eigenvalue weighted by Crippen LogP contribution is -2.17. The topological polar surface area (TPSA) is 74.6 Å². The van der Waals surface area contributed by atoms with Crippen molar-refractivity contribution in [1.82, 2.24) is 0 Å². The monoisotopic (exact) mass is 132 g/mol. The van der Waals surface area contributed by atoms with Crippen LogP contribution < -0.4 is 0 Å². The molecule has 52 valence electrons. The molecule has 2 N–H and O–H groups in total. The molecule has 0 spiro atoms. The smallest absolute Gasteiger partial charge is 0.197 e. The number of rotatable bonds is 4. The molecule has 0 amide bonds. The van der Waals surface area contributed by atoms with Crippen LogP contribution in [0.2, 0.25) is 0 Å². The summed E-state index contributed by atoms with van der Waals surface area (Å²) in [5.41, 5.74) is 0. The van der Waals surface area contributed by atoms with Crippen LogP contribution in [0.1, 0.15) is 6.42 Å². The molecule has 4 nitrogen and oxygen atoms in total. The van der Waals surface area contributed by atoms with Gasteiger partial charge in [-0.2, -0.15) is 0 Å². The number of carbonyl (C=O) groups excluding carboxylic acids is 2. The van der Waals surface area contributed by atoms with E-state index >= 15 is 0 Å². The Bertz CT molecular complexity index is 110. The molecule has 0 aromatic heterocycles. The van der Waals surface area contributed by atoms with Crippen LogP contribution in [0.4, 0.5) is 0 Å². The summed E-state index contributed by atoms with van der Waals surface area (Å²) < 4.78 is 0. The molecular formula is C5H8O4. The van der Waals surface area contributed by atoms with Gasteiger partial charge in [-0.3, -0.25) is 9.59 Å². The first-order valence-electron chi connectivity index (χ1n) is 2.47. The first-order chi connectivity index (χ1) is 4.20. The highest BCUT2D eigenvalue weighted by Gasteiger charge is 2.07. The third-order valence-electron chi connectivity index (χ3n) is 0.779. The number of aliphatic hydroxyl groups excluding tert-OH is 2. The lowest BCUT2D eigenvalue weighted by atomic mass is 10.2. The van der Waals surface area contributed by atoms with Crippen LogP contribution in [-0.4, -0.2) is 35.0 Å². The predicted molar refractivity (Wildman–Crippen MR) is 28.8 cm³/mol. The largest absolute Gasteiger partial charge is 0.394 e. The molecule has 0 aromatic rings. The van der Waals surface area contributed by atoms with Gasteiger partial charge in [0, 0.05) is 6.42 Å². The molecule has 9 heavy (non-hydrogen) atoms. The molecule has 0 saturated carbocycles. The molecule has 0 bridgehead atoms. The highest BCUT2D eigenvalue weighted by atomic mass is 16.3. The summed E-state index contributed by atoms with van der Waals surface area (Å²) in [6.45, 7) is -0.487. The second kappa shape index (κ2) is 4.17. The standard InChI is InChI=1S/C5H8O4/c6-2-4(8)1-5(9)3-7/h2,5,7,9H,1,3H2/t5-/m1/s1. The molecule has 0 radical (unpaired) electrons. The summed E-state index contributed by atoms with van der Waals surface area (Å²) in [6, 6.07) is 0. The summed E-state index contributed by atoms with van der Waals surface area (Å²) in [7, 11) is 0. The van der Waals surface area contributed by atoms with Crippen LogP contribution in [0.15, 0.2) is 0 Å². The Morgan fingerprint density at radius 3 is 2.56 bits per heavy atom. The van der Waals surface area contributed by atoms with Gasteiger partial charge in [0.25, 0.3) is 0 Å². The Labute approximate surface area is 52.1 Å². The molecule has 0 fully saturated rings. The van der Waals surface area contributed by atoms with Gasteiger partial charge in [-0.15, -0.1) is 0 Å². The summed E-state index contributed by atoms with van der Waals surface area (Å²) in [5, 5.41) is 16.7. The Morgan fingerprint density at radius 2 is 2.22 bits per heavy atom. The molecule has 0 aliphatic carbocycles. The Kier molecular flexibility index (Phi) is 3.83. The number of Topliss-reactive ketones (excluding diaryl/α,β-unsaturated/α-hetero) is 1. The van der Waals surface area contributed by atoms with Crippen LogP contribution in [-0.2, 0) is 9.59 Å². The van der Waals surface area contributed by atoms with Crippen molar-refractivity contribution in [1.29, 1.82) is 0 Å². The highest BCUT2D eigenvalue weighted by Crippen LogP contribution is 1.88. The van der Waals surface area contributed by atoms with Crippen LogP contribution >= 0.6 is 0 Å². The maximum Gasteiger partial charge on any atom is 0.197 e. The van der Waals surface area contributed by atoms with Gasteiger partial charge in [-0.05, 0) is 0 Å². The summed E-state index contributed by atoms with van der Waals surface area (Å²) in [4.78, 5) is 19.8. The molecule has 0 rings (SSSR count). The van der Waals surface area contributed by atoms with E-state index in [-0.39, 0.29) is 12.7 Å². The van der Waals surface area contributed by atoms with Crippen LogP contribution in [0.3, 0.4) is 0 Å². The van der Waals surface area contributed by atoms with E-state index < -0.39 is 18.5 Å². The zero-order chi connectivity index (χ0) is 7.28. The Hall–Kier alpha value is -0.740. The van der Waals surface area contributed by atoms with Crippen molar-refractivity contribution in [3.05, 3.63) is 0 Å². The van der Waals surface area contributed by atoms with Crippen molar-refractivity contribution in [2.75, 3.05) is 6.61 Å². The average molecular weight is 132 g/mol. The van der Waals surface area contributed by atoms with Gasteiger partial charge in [-0.1, -0.05) is 0 Å². The summed E-state index contributed by atoms with van der Waals surface area (Å²) >= 11 is 0. The normalized spacial score (nSPS) is 12.7. The minimum absolute atomic E-state index is 0.124. The van der Waals surface area contributed by atoms with E-state index in [4.69, 9.17) is 10.2 Å². The molecule has 0 aliphatic heterocycles. The highest BCUT2D eigenvalue weighted by molar-refractivity contribution is 6.25. The maximum atomic E-state index is 10.1. The van der Waals surface area contributed by atoms with Crippen molar-refractivity contribution in [3.63, 3.8) is 0 Å². The molecule has 1 atom stereocenters. The fourth-order valence-electron chi connectivity index (χ4n) is 0.345. The van der Waals surface area contributed by atoms with E-state index in [9.17, 15) is 9.59 Å². The van der Waals surface area contributed by atoms with Crippen molar-refractivity contribution in [3.8, 4) is 0 Å². The van der Waals surface area contributed by atoms with E-state index in [1.165, 1.54) is 0 Å². The quantitative estimate of drug-likeness (QED) is 0.360. The fraction of sp³-hybridized carbons (Fsp3) is 0.600. The number of aldehydes is 1. The molecule has 0 heterocycles. The minimum Gasteiger partial charge on any atom is -0.394 e. The lowest BCUT2D eigenvalue weighted by molar-refractivity contribution is -0.131. The van der Waals surface area contributed by atoms with Gasteiger partial charge in [0.2, 0.25) is 0 Å². The third kappa shape index (κ3) is 3.81. The van der Waals surface area contributed by atoms with E-state index in [0.29, 0.717) is 0 Å². The molecule has 0 aliphatic rings. The van der Waals surface area contributed by atoms with Gasteiger partial charge >= 0.3 is 0 Å². The SMILES string of the molecule is O=CC(=O)C[C@@H](O)CO. The van der Waals surface area contributed by atoms with Crippen LogP contribution in [0.25, 0.3) is 0 Å². The van der Waals surface area contributed by atoms with E-state index in [1.807, 2.05) is 0 Å². The van der Waals surface area contributed by atoms with Crippen molar-refractivity contribution in [2.24, 2.45) is 0 Å². The average Bonchev–Trinajstić information content (AvgIpc) is 1.87. The first-order valence-corrected chi connectivity index (χ1v) is 2.47. The van der Waals surface area contributed by atoms with Crippen molar-refractivity contribution >= 4 is 12.1 Å². The van der Waals surface area contributed by atoms with Gasteiger partial charge in [-0.25, -0.2) is 0 Å². The Morgan fingerprint density at radius 1 is 1.67 bits per heavy atom. The second-order valence-electron chi connectivity index (χ2n) is 1.62. The van der Waals surface area contributed by atoms with Gasteiger partial charge in [0.05, 0.1) is 12.7 Å². The fourth-order valence-corrected chi connectivity index (χ4v) is 0.345. The van der Waals surface area contributed by atoms with Crippen molar-refractivity contribution in [2.45, 2.75) is 12.5 Å². The number of ketones is 1. The van der Waals surface area contributed by atoms with Crippen LogP contribution in [0, 0.1) is 0 Å². The maximum absolute atomic E-state index is 10.1. The number of carbonyl (C=O) groups is 2. The van der Waals surface area contributed by atoms with Crippen molar-refractivity contribution < 1.29 is 19.8 Å². The van der Waals surface area contributed by atoms with E-state index in [0.717, 1.165) is 0 Å². The lowest BCUT2D eigenvalue weighted by Gasteiger charge is -2.00.